The smallest absolute Gasteiger partial charge is 0.0661 e. The van der Waals surface area contributed by atoms with E-state index in [2.05, 4.69) is 25.1 Å². The number of nitriles is 1. The highest BCUT2D eigenvalue weighted by molar-refractivity contribution is 5.23. The lowest BCUT2D eigenvalue weighted by molar-refractivity contribution is 0.113. The van der Waals surface area contributed by atoms with Gasteiger partial charge >= 0.3 is 0 Å². The van der Waals surface area contributed by atoms with Crippen LogP contribution in [0.2, 0.25) is 0 Å². The first-order valence-corrected chi connectivity index (χ1v) is 6.93. The highest BCUT2D eigenvalue weighted by atomic mass is 14.7. The first-order chi connectivity index (χ1) is 7.85. The molecular formula is C15H19N. The first-order valence-electron chi connectivity index (χ1n) is 6.93. The second kappa shape index (κ2) is 2.92. The summed E-state index contributed by atoms with van der Waals surface area (Å²) in [5.74, 6) is 6.36. The maximum absolute atomic E-state index is 9.41. The van der Waals surface area contributed by atoms with Crippen molar-refractivity contribution < 1.29 is 0 Å². The third kappa shape index (κ3) is 0.851. The van der Waals surface area contributed by atoms with E-state index in [4.69, 9.17) is 0 Å². The lowest BCUT2D eigenvalue weighted by atomic mass is 9.64. The van der Waals surface area contributed by atoms with Crippen molar-refractivity contribution in [1.29, 1.82) is 5.26 Å². The largest absolute Gasteiger partial charge is 0.198 e. The van der Waals surface area contributed by atoms with Crippen LogP contribution in [0.4, 0.5) is 0 Å². The third-order valence-electron chi connectivity index (χ3n) is 6.21. The van der Waals surface area contributed by atoms with Crippen molar-refractivity contribution in [2.45, 2.75) is 26.2 Å². The second-order valence-corrected chi connectivity index (χ2v) is 6.39. The summed E-state index contributed by atoms with van der Waals surface area (Å²) in [4.78, 5) is 0. The zero-order valence-corrected chi connectivity index (χ0v) is 9.84. The molecule has 0 aliphatic heterocycles. The minimum atomic E-state index is 0.393. The molecule has 4 bridgehead atoms. The Morgan fingerprint density at radius 3 is 2.44 bits per heavy atom. The summed E-state index contributed by atoms with van der Waals surface area (Å²) in [6.07, 6.45) is 8.96. The van der Waals surface area contributed by atoms with Crippen LogP contribution in [0.5, 0.6) is 0 Å². The molecule has 4 aliphatic rings. The zero-order valence-electron chi connectivity index (χ0n) is 9.84. The average molecular weight is 213 g/mol. The lowest BCUT2D eigenvalue weighted by Gasteiger charge is -2.39. The van der Waals surface area contributed by atoms with Crippen molar-refractivity contribution >= 4 is 0 Å². The molecule has 8 unspecified atom stereocenters. The third-order valence-corrected chi connectivity index (χ3v) is 6.21. The summed E-state index contributed by atoms with van der Waals surface area (Å²) in [7, 11) is 0. The van der Waals surface area contributed by atoms with Gasteiger partial charge < -0.3 is 0 Å². The Morgan fingerprint density at radius 2 is 1.81 bits per heavy atom. The standard InChI is InChI=1S/C15H19N/c1-2-10-11-6-12(13(10)7-16)15-9-4-3-8(5-9)14(11)15/h3-4,8-15H,2,5-6H2,1H3. The van der Waals surface area contributed by atoms with E-state index in [0.717, 1.165) is 41.4 Å². The van der Waals surface area contributed by atoms with Gasteiger partial charge in [-0.15, -0.1) is 0 Å². The summed E-state index contributed by atoms with van der Waals surface area (Å²) in [6.45, 7) is 2.29. The topological polar surface area (TPSA) is 23.8 Å². The van der Waals surface area contributed by atoms with E-state index in [1.165, 1.54) is 19.3 Å². The molecule has 4 rings (SSSR count). The van der Waals surface area contributed by atoms with Gasteiger partial charge in [-0.1, -0.05) is 25.5 Å². The van der Waals surface area contributed by atoms with Crippen LogP contribution in [0.15, 0.2) is 12.2 Å². The Balaban J connectivity index is 1.74. The van der Waals surface area contributed by atoms with Gasteiger partial charge in [-0.05, 0) is 54.3 Å². The summed E-state index contributed by atoms with van der Waals surface area (Å²) < 4.78 is 0. The van der Waals surface area contributed by atoms with Crippen LogP contribution in [-0.4, -0.2) is 0 Å². The van der Waals surface area contributed by atoms with Crippen LogP contribution in [-0.2, 0) is 0 Å². The molecule has 0 aromatic carbocycles. The molecule has 84 valence electrons. The highest BCUT2D eigenvalue weighted by Gasteiger charge is 2.64. The summed E-state index contributed by atoms with van der Waals surface area (Å²) >= 11 is 0. The van der Waals surface area contributed by atoms with Crippen LogP contribution in [0.1, 0.15) is 26.2 Å². The predicted molar refractivity (Wildman–Crippen MR) is 62.2 cm³/mol. The minimum absolute atomic E-state index is 0.393. The van der Waals surface area contributed by atoms with Crippen molar-refractivity contribution in [1.82, 2.24) is 0 Å². The SMILES string of the molecule is CCC1C(C#N)C2CC1C1C3C=CC(C3)C21. The van der Waals surface area contributed by atoms with Gasteiger partial charge in [0.05, 0.1) is 12.0 Å². The van der Waals surface area contributed by atoms with Crippen molar-refractivity contribution in [3.05, 3.63) is 12.2 Å². The van der Waals surface area contributed by atoms with Crippen LogP contribution in [0.3, 0.4) is 0 Å². The molecule has 3 fully saturated rings. The molecule has 1 nitrogen and oxygen atoms in total. The van der Waals surface area contributed by atoms with Crippen molar-refractivity contribution in [3.8, 4) is 6.07 Å². The fourth-order valence-electron chi connectivity index (χ4n) is 5.91. The number of rotatable bonds is 1. The van der Waals surface area contributed by atoms with E-state index in [1.54, 1.807) is 0 Å². The molecule has 0 aromatic rings. The van der Waals surface area contributed by atoms with Crippen LogP contribution < -0.4 is 0 Å². The number of allylic oxidation sites excluding steroid dienone is 2. The highest BCUT2D eigenvalue weighted by Crippen LogP contribution is 2.68. The number of hydrogen-bond donors (Lipinski definition) is 0. The van der Waals surface area contributed by atoms with Gasteiger partial charge in [-0.2, -0.15) is 5.26 Å². The lowest BCUT2D eigenvalue weighted by Crippen LogP contribution is -2.36. The molecular weight excluding hydrogens is 194 g/mol. The number of fused-ring (bicyclic) bond motifs is 9. The molecule has 0 spiro atoms. The number of nitrogens with zero attached hydrogens (tertiary/aromatic N) is 1. The Bertz CT molecular complexity index is 391. The van der Waals surface area contributed by atoms with E-state index in [-0.39, 0.29) is 0 Å². The molecule has 0 heterocycles. The monoisotopic (exact) mass is 213 g/mol. The van der Waals surface area contributed by atoms with E-state index in [1.807, 2.05) is 0 Å². The van der Waals surface area contributed by atoms with Gasteiger partial charge in [-0.25, -0.2) is 0 Å². The minimum Gasteiger partial charge on any atom is -0.198 e. The van der Waals surface area contributed by atoms with Crippen LogP contribution >= 0.6 is 0 Å². The van der Waals surface area contributed by atoms with E-state index in [0.29, 0.717) is 5.92 Å². The molecule has 3 saturated carbocycles. The second-order valence-electron chi connectivity index (χ2n) is 6.39. The quantitative estimate of drug-likeness (QED) is 0.484. The van der Waals surface area contributed by atoms with Crippen molar-refractivity contribution in [3.63, 3.8) is 0 Å². The van der Waals surface area contributed by atoms with Crippen LogP contribution in [0.25, 0.3) is 0 Å². The summed E-state index contributed by atoms with van der Waals surface area (Å²) in [5, 5.41) is 9.41. The maximum Gasteiger partial charge on any atom is 0.0661 e. The fourth-order valence-corrected chi connectivity index (χ4v) is 5.91. The molecule has 0 radical (unpaired) electrons. The Kier molecular flexibility index (Phi) is 1.69. The fraction of sp³-hybridized carbons (Fsp3) is 0.800. The van der Waals surface area contributed by atoms with Gasteiger partial charge in [0, 0.05) is 0 Å². The van der Waals surface area contributed by atoms with Crippen molar-refractivity contribution in [2.75, 3.05) is 0 Å². The number of hydrogen-bond acceptors (Lipinski definition) is 1. The van der Waals surface area contributed by atoms with Gasteiger partial charge in [0.2, 0.25) is 0 Å². The van der Waals surface area contributed by atoms with E-state index >= 15 is 0 Å². The Morgan fingerprint density at radius 1 is 1.12 bits per heavy atom. The van der Waals surface area contributed by atoms with Gasteiger partial charge in [0.1, 0.15) is 0 Å². The van der Waals surface area contributed by atoms with Crippen LogP contribution in [0, 0.1) is 58.7 Å². The Labute approximate surface area is 97.5 Å². The van der Waals surface area contributed by atoms with Gasteiger partial charge in [0.15, 0.2) is 0 Å². The van der Waals surface area contributed by atoms with E-state index in [9.17, 15) is 5.26 Å². The molecule has 4 aliphatic carbocycles. The normalized spacial score (nSPS) is 60.2. The molecule has 0 N–H and O–H groups in total. The molecule has 0 amide bonds. The summed E-state index contributed by atoms with van der Waals surface area (Å²) in [5.41, 5.74) is 0. The van der Waals surface area contributed by atoms with E-state index < -0.39 is 0 Å². The van der Waals surface area contributed by atoms with Crippen molar-refractivity contribution in [2.24, 2.45) is 47.3 Å². The summed E-state index contributed by atoms with van der Waals surface area (Å²) in [6, 6.07) is 2.64. The molecule has 16 heavy (non-hydrogen) atoms. The van der Waals surface area contributed by atoms with Gasteiger partial charge in [-0.3, -0.25) is 0 Å². The molecule has 8 atom stereocenters. The molecule has 0 saturated heterocycles. The Hall–Kier alpha value is -0.770. The first kappa shape index (κ1) is 9.28. The predicted octanol–water partition coefficient (Wildman–Crippen LogP) is 3.24. The average Bonchev–Trinajstić information content (AvgIpc) is 3.03. The zero-order chi connectivity index (χ0) is 10.9. The molecule has 0 aromatic heterocycles. The maximum atomic E-state index is 9.41. The van der Waals surface area contributed by atoms with Gasteiger partial charge in [0.25, 0.3) is 0 Å². The molecule has 1 heteroatoms.